The molecule has 3 rings (SSSR count). The molecule has 28 heavy (non-hydrogen) atoms. The molecule has 0 amide bonds. The van der Waals surface area contributed by atoms with Crippen molar-refractivity contribution >= 4 is 23.5 Å². The largest absolute Gasteiger partial charge is 0.396 e. The summed E-state index contributed by atoms with van der Waals surface area (Å²) in [6.07, 6.45) is 7.17. The van der Waals surface area contributed by atoms with Crippen LogP contribution in [0.5, 0.6) is 0 Å². The molecule has 2 atom stereocenters. The quantitative estimate of drug-likeness (QED) is 0.658. The van der Waals surface area contributed by atoms with Crippen LogP contribution >= 0.6 is 23.5 Å². The Morgan fingerprint density at radius 3 is 1.25 bits per heavy atom. The molecule has 0 bridgehead atoms. The molecule has 2 spiro atoms. The van der Waals surface area contributed by atoms with Gasteiger partial charge in [-0.25, -0.2) is 0 Å². The number of ether oxygens (including phenoxy) is 4. The molecule has 8 heteroatoms. The summed E-state index contributed by atoms with van der Waals surface area (Å²) in [6.45, 7) is 6.33. The number of thioether (sulfide) groups is 2. The summed E-state index contributed by atoms with van der Waals surface area (Å²) in [5.41, 5.74) is -0.615. The van der Waals surface area contributed by atoms with Crippen LogP contribution in [0, 0.1) is 10.8 Å². The third kappa shape index (κ3) is 3.88. The Bertz CT molecular complexity index is 457. The normalized spacial score (nSPS) is 46.9. The van der Waals surface area contributed by atoms with E-state index in [9.17, 15) is 10.2 Å². The minimum absolute atomic E-state index is 0.0753. The Kier molecular flexibility index (Phi) is 7.36. The first kappa shape index (κ1) is 23.1. The number of rotatable bonds is 6. The van der Waals surface area contributed by atoms with Gasteiger partial charge in [-0.2, -0.15) is 23.5 Å². The van der Waals surface area contributed by atoms with Gasteiger partial charge >= 0.3 is 0 Å². The molecule has 0 aromatic heterocycles. The maximum atomic E-state index is 9.81. The molecular weight excluding hydrogens is 400 g/mol. The van der Waals surface area contributed by atoms with Crippen molar-refractivity contribution in [1.29, 1.82) is 0 Å². The summed E-state index contributed by atoms with van der Waals surface area (Å²) < 4.78 is 25.6. The lowest BCUT2D eigenvalue weighted by molar-refractivity contribution is -0.364. The second kappa shape index (κ2) is 8.91. The lowest BCUT2D eigenvalue weighted by Crippen LogP contribution is -2.67. The highest BCUT2D eigenvalue weighted by Gasteiger charge is 2.61. The molecule has 0 aromatic rings. The zero-order chi connectivity index (χ0) is 20.5. The van der Waals surface area contributed by atoms with Gasteiger partial charge in [-0.15, -0.1) is 0 Å². The molecule has 3 aliphatic rings. The first-order valence-corrected chi connectivity index (χ1v) is 12.8. The number of hydrogen-bond acceptors (Lipinski definition) is 8. The van der Waals surface area contributed by atoms with Crippen LogP contribution in [0.3, 0.4) is 0 Å². The van der Waals surface area contributed by atoms with E-state index in [1.54, 1.807) is 23.5 Å². The van der Waals surface area contributed by atoms with E-state index >= 15 is 0 Å². The monoisotopic (exact) mass is 436 g/mol. The molecule has 3 fully saturated rings. The Morgan fingerprint density at radius 2 is 1.04 bits per heavy atom. The Hall–Kier alpha value is 0.460. The minimum Gasteiger partial charge on any atom is -0.396 e. The van der Waals surface area contributed by atoms with Gasteiger partial charge in [0.25, 0.3) is 0 Å². The SMILES string of the molecule is CCC1(CO)COC2(CC(SC)C3(CC2SC)OCC(CC)(CO)CO3)OC1. The van der Waals surface area contributed by atoms with Crippen LogP contribution in [0.4, 0.5) is 0 Å². The lowest BCUT2D eigenvalue weighted by atomic mass is 9.81. The van der Waals surface area contributed by atoms with Gasteiger partial charge in [0.05, 0.1) is 50.1 Å². The van der Waals surface area contributed by atoms with E-state index in [1.165, 1.54) is 0 Å². The van der Waals surface area contributed by atoms with Gasteiger partial charge in [0.2, 0.25) is 0 Å². The second-order valence-electron chi connectivity index (χ2n) is 8.66. The van der Waals surface area contributed by atoms with Gasteiger partial charge in [0.1, 0.15) is 0 Å². The fourth-order valence-electron chi connectivity index (χ4n) is 4.31. The van der Waals surface area contributed by atoms with Crippen molar-refractivity contribution in [2.24, 2.45) is 10.8 Å². The molecule has 164 valence electrons. The fourth-order valence-corrected chi connectivity index (χ4v) is 6.29. The molecule has 0 aromatic carbocycles. The zero-order valence-corrected chi connectivity index (χ0v) is 19.2. The van der Waals surface area contributed by atoms with Crippen LogP contribution in [0.15, 0.2) is 0 Å². The van der Waals surface area contributed by atoms with E-state index in [0.29, 0.717) is 39.3 Å². The van der Waals surface area contributed by atoms with Gasteiger partial charge < -0.3 is 29.2 Å². The van der Waals surface area contributed by atoms with Crippen LogP contribution in [-0.4, -0.2) is 84.4 Å². The van der Waals surface area contributed by atoms with Crippen molar-refractivity contribution in [3.05, 3.63) is 0 Å². The molecule has 1 aliphatic carbocycles. The van der Waals surface area contributed by atoms with E-state index < -0.39 is 11.6 Å². The molecule has 2 N–H and O–H groups in total. The van der Waals surface area contributed by atoms with Crippen molar-refractivity contribution < 1.29 is 29.2 Å². The van der Waals surface area contributed by atoms with Gasteiger partial charge in [-0.1, -0.05) is 13.8 Å². The summed E-state index contributed by atoms with van der Waals surface area (Å²) in [5, 5.41) is 19.8. The highest BCUT2D eigenvalue weighted by atomic mass is 32.2. The lowest BCUT2D eigenvalue weighted by Gasteiger charge is -2.58. The summed E-state index contributed by atoms with van der Waals surface area (Å²) in [4.78, 5) is 0. The summed E-state index contributed by atoms with van der Waals surface area (Å²) in [6, 6.07) is 0. The predicted molar refractivity (Wildman–Crippen MR) is 113 cm³/mol. The van der Waals surface area contributed by atoms with Crippen LogP contribution in [0.25, 0.3) is 0 Å². The average molecular weight is 437 g/mol. The highest BCUT2D eigenvalue weighted by Crippen LogP contribution is 2.53. The van der Waals surface area contributed by atoms with Gasteiger partial charge in [0, 0.05) is 23.7 Å². The summed E-state index contributed by atoms with van der Waals surface area (Å²) in [5.74, 6) is -1.34. The van der Waals surface area contributed by atoms with E-state index in [-0.39, 0.29) is 34.5 Å². The predicted octanol–water partition coefficient (Wildman–Crippen LogP) is 2.51. The van der Waals surface area contributed by atoms with Gasteiger partial charge in [-0.05, 0) is 25.4 Å². The van der Waals surface area contributed by atoms with Crippen molar-refractivity contribution in [3.63, 3.8) is 0 Å². The molecule has 2 aliphatic heterocycles. The van der Waals surface area contributed by atoms with Crippen LogP contribution in [-0.2, 0) is 18.9 Å². The van der Waals surface area contributed by atoms with Crippen molar-refractivity contribution in [3.8, 4) is 0 Å². The molecule has 6 nitrogen and oxygen atoms in total. The Labute approximate surface area is 177 Å². The first-order valence-electron chi connectivity index (χ1n) is 10.2. The topological polar surface area (TPSA) is 77.4 Å². The number of hydrogen-bond donors (Lipinski definition) is 2. The maximum Gasteiger partial charge on any atom is 0.181 e. The second-order valence-corrected chi connectivity index (χ2v) is 10.7. The van der Waals surface area contributed by atoms with Crippen molar-refractivity contribution in [2.45, 2.75) is 61.6 Å². The van der Waals surface area contributed by atoms with Crippen molar-refractivity contribution in [1.82, 2.24) is 0 Å². The van der Waals surface area contributed by atoms with Gasteiger partial charge in [-0.3, -0.25) is 0 Å². The summed E-state index contributed by atoms with van der Waals surface area (Å²) in [7, 11) is 0. The van der Waals surface area contributed by atoms with Crippen molar-refractivity contribution in [2.75, 3.05) is 52.2 Å². The van der Waals surface area contributed by atoms with E-state index in [2.05, 4.69) is 26.4 Å². The minimum atomic E-state index is -0.671. The molecule has 1 saturated carbocycles. The molecule has 2 unspecified atom stereocenters. The average Bonchev–Trinajstić information content (AvgIpc) is 2.77. The molecular formula is C20H36O6S2. The third-order valence-electron chi connectivity index (χ3n) is 7.15. The molecule has 2 saturated heterocycles. The molecule has 2 heterocycles. The van der Waals surface area contributed by atoms with Crippen LogP contribution < -0.4 is 0 Å². The fraction of sp³-hybridized carbons (Fsp3) is 1.00. The third-order valence-corrected chi connectivity index (χ3v) is 9.34. The number of aliphatic hydroxyl groups excluding tert-OH is 2. The first-order chi connectivity index (χ1) is 13.4. The van der Waals surface area contributed by atoms with Crippen LogP contribution in [0.1, 0.15) is 39.5 Å². The van der Waals surface area contributed by atoms with Gasteiger partial charge in [0.15, 0.2) is 11.6 Å². The Morgan fingerprint density at radius 1 is 0.714 bits per heavy atom. The zero-order valence-electron chi connectivity index (χ0n) is 17.6. The number of aliphatic hydroxyl groups is 2. The van der Waals surface area contributed by atoms with E-state index in [0.717, 1.165) is 12.8 Å². The Balaban J connectivity index is 1.78. The van der Waals surface area contributed by atoms with E-state index in [4.69, 9.17) is 18.9 Å². The standard InChI is InChI=1S/C20H36O6S2/c1-5-17(9-21)11-23-19(24-12-17)7-16(28-4)20(8-15(19)27-3)25-13-18(6-2,10-22)14-26-20/h15-16,21-22H,5-14H2,1-4H3. The maximum absolute atomic E-state index is 9.81. The molecule has 0 radical (unpaired) electrons. The van der Waals surface area contributed by atoms with Crippen LogP contribution in [0.2, 0.25) is 0 Å². The summed E-state index contributed by atoms with van der Waals surface area (Å²) >= 11 is 3.45. The smallest absolute Gasteiger partial charge is 0.181 e. The highest BCUT2D eigenvalue weighted by molar-refractivity contribution is 7.99. The van der Waals surface area contributed by atoms with E-state index in [1.807, 2.05) is 0 Å².